The topological polar surface area (TPSA) is 3.24 Å². The minimum Gasteiger partial charge on any atom is -0.373 e. The van der Waals surface area contributed by atoms with Gasteiger partial charge in [-0.3, -0.25) is 0 Å². The van der Waals surface area contributed by atoms with Crippen molar-refractivity contribution in [2.45, 2.75) is 4.90 Å². The molecule has 1 heterocycles. The van der Waals surface area contributed by atoms with E-state index in [0.717, 1.165) is 18.0 Å². The molecule has 1 aromatic carbocycles. The second kappa shape index (κ2) is 2.98. The third-order valence-electron chi connectivity index (χ3n) is 2.02. The number of rotatable bonds is 0. The molecule has 2 rings (SSSR count). The molecular formula is C9H10FNS. The van der Waals surface area contributed by atoms with Crippen LogP contribution in [-0.2, 0) is 0 Å². The molecule has 0 saturated carbocycles. The SMILES string of the molecule is CN1CCSc2ccc(F)cc21. The Kier molecular flexibility index (Phi) is 1.97. The molecule has 0 amide bonds. The van der Waals surface area contributed by atoms with E-state index in [-0.39, 0.29) is 5.82 Å². The second-order valence-corrected chi connectivity index (χ2v) is 4.02. The maximum Gasteiger partial charge on any atom is 0.125 e. The summed E-state index contributed by atoms with van der Waals surface area (Å²) in [5.74, 6) is 0.942. The lowest BCUT2D eigenvalue weighted by molar-refractivity contribution is 0.625. The molecule has 12 heavy (non-hydrogen) atoms. The number of hydrogen-bond donors (Lipinski definition) is 0. The zero-order valence-corrected chi connectivity index (χ0v) is 7.70. The molecule has 0 radical (unpaired) electrons. The van der Waals surface area contributed by atoms with Crippen LogP contribution in [0.25, 0.3) is 0 Å². The van der Waals surface area contributed by atoms with E-state index >= 15 is 0 Å². The van der Waals surface area contributed by atoms with Gasteiger partial charge in [0, 0.05) is 24.2 Å². The predicted molar refractivity (Wildman–Crippen MR) is 50.4 cm³/mol. The monoisotopic (exact) mass is 183 g/mol. The van der Waals surface area contributed by atoms with E-state index in [1.165, 1.54) is 11.0 Å². The Bertz CT molecular complexity index is 301. The van der Waals surface area contributed by atoms with Gasteiger partial charge < -0.3 is 4.90 Å². The molecule has 0 bridgehead atoms. The minimum absolute atomic E-state index is 0.150. The van der Waals surface area contributed by atoms with E-state index in [0.29, 0.717) is 0 Å². The highest BCUT2D eigenvalue weighted by molar-refractivity contribution is 7.99. The van der Waals surface area contributed by atoms with Crippen molar-refractivity contribution in [3.63, 3.8) is 0 Å². The van der Waals surface area contributed by atoms with E-state index in [1.807, 2.05) is 13.1 Å². The Morgan fingerprint density at radius 3 is 3.17 bits per heavy atom. The zero-order chi connectivity index (χ0) is 8.55. The fraction of sp³-hybridized carbons (Fsp3) is 0.333. The number of nitrogens with zero attached hydrogens (tertiary/aromatic N) is 1. The summed E-state index contributed by atoms with van der Waals surface area (Å²) >= 11 is 1.79. The van der Waals surface area contributed by atoms with Gasteiger partial charge >= 0.3 is 0 Å². The van der Waals surface area contributed by atoms with Gasteiger partial charge in [-0.05, 0) is 18.2 Å². The summed E-state index contributed by atoms with van der Waals surface area (Å²) in [6, 6.07) is 4.97. The summed E-state index contributed by atoms with van der Waals surface area (Å²) in [5, 5.41) is 0. The average Bonchev–Trinajstić information content (AvgIpc) is 2.07. The van der Waals surface area contributed by atoms with Crippen molar-refractivity contribution in [2.75, 3.05) is 24.2 Å². The normalized spacial score (nSPS) is 16.0. The van der Waals surface area contributed by atoms with Crippen molar-refractivity contribution < 1.29 is 4.39 Å². The van der Waals surface area contributed by atoms with Gasteiger partial charge in [-0.2, -0.15) is 0 Å². The molecule has 0 aliphatic carbocycles. The van der Waals surface area contributed by atoms with Crippen LogP contribution in [0.3, 0.4) is 0 Å². The second-order valence-electron chi connectivity index (χ2n) is 2.88. The van der Waals surface area contributed by atoms with Crippen LogP contribution < -0.4 is 4.90 Å². The van der Waals surface area contributed by atoms with Crippen LogP contribution in [0.15, 0.2) is 23.1 Å². The quantitative estimate of drug-likeness (QED) is 0.607. The van der Waals surface area contributed by atoms with E-state index in [1.54, 1.807) is 17.8 Å². The molecule has 3 heteroatoms. The van der Waals surface area contributed by atoms with Gasteiger partial charge in [0.25, 0.3) is 0 Å². The van der Waals surface area contributed by atoms with Crippen molar-refractivity contribution in [2.24, 2.45) is 0 Å². The van der Waals surface area contributed by atoms with Crippen molar-refractivity contribution in [1.29, 1.82) is 0 Å². The van der Waals surface area contributed by atoms with E-state index in [4.69, 9.17) is 0 Å². The Labute approximate surface area is 75.6 Å². The van der Waals surface area contributed by atoms with Crippen LogP contribution >= 0.6 is 11.8 Å². The van der Waals surface area contributed by atoms with E-state index < -0.39 is 0 Å². The van der Waals surface area contributed by atoms with Crippen LogP contribution in [0.2, 0.25) is 0 Å². The first kappa shape index (κ1) is 7.92. The molecule has 64 valence electrons. The first-order valence-electron chi connectivity index (χ1n) is 3.91. The molecule has 1 aromatic rings. The van der Waals surface area contributed by atoms with Gasteiger partial charge in [-0.15, -0.1) is 11.8 Å². The number of halogens is 1. The summed E-state index contributed by atoms with van der Waals surface area (Å²) in [6.45, 7) is 1.00. The zero-order valence-electron chi connectivity index (χ0n) is 6.88. The molecule has 0 saturated heterocycles. The summed E-state index contributed by atoms with van der Waals surface area (Å²) in [4.78, 5) is 3.28. The first-order valence-corrected chi connectivity index (χ1v) is 4.89. The Hall–Kier alpha value is -0.700. The molecule has 0 unspecified atom stereocenters. The van der Waals surface area contributed by atoms with Crippen molar-refractivity contribution in [1.82, 2.24) is 0 Å². The van der Waals surface area contributed by atoms with Gasteiger partial charge in [0.1, 0.15) is 5.82 Å². The fourth-order valence-corrected chi connectivity index (χ4v) is 2.44. The maximum atomic E-state index is 12.8. The third kappa shape index (κ3) is 1.29. The highest BCUT2D eigenvalue weighted by Crippen LogP contribution is 2.33. The summed E-state index contributed by atoms with van der Waals surface area (Å²) in [5.41, 5.74) is 1.02. The molecular weight excluding hydrogens is 173 g/mol. The highest BCUT2D eigenvalue weighted by Gasteiger charge is 2.13. The van der Waals surface area contributed by atoms with Crippen LogP contribution in [0.5, 0.6) is 0 Å². The van der Waals surface area contributed by atoms with Crippen LogP contribution in [0.1, 0.15) is 0 Å². The van der Waals surface area contributed by atoms with Crippen LogP contribution in [0.4, 0.5) is 10.1 Å². The van der Waals surface area contributed by atoms with E-state index in [2.05, 4.69) is 4.90 Å². The van der Waals surface area contributed by atoms with Crippen molar-refractivity contribution in [3.05, 3.63) is 24.0 Å². The van der Waals surface area contributed by atoms with Crippen LogP contribution in [-0.4, -0.2) is 19.3 Å². The smallest absolute Gasteiger partial charge is 0.125 e. The molecule has 1 aliphatic rings. The summed E-state index contributed by atoms with van der Waals surface area (Å²) in [7, 11) is 2.00. The lowest BCUT2D eigenvalue weighted by Crippen LogP contribution is -2.24. The number of benzene rings is 1. The standard InChI is InChI=1S/C9H10FNS/c1-11-4-5-12-9-3-2-7(10)6-8(9)11/h2-3,6H,4-5H2,1H3. The summed E-state index contributed by atoms with van der Waals surface area (Å²) in [6.07, 6.45) is 0. The summed E-state index contributed by atoms with van der Waals surface area (Å²) < 4.78 is 12.8. The molecule has 0 atom stereocenters. The van der Waals surface area contributed by atoms with Gasteiger partial charge in [-0.25, -0.2) is 4.39 Å². The number of anilines is 1. The molecule has 0 aromatic heterocycles. The highest BCUT2D eigenvalue weighted by atomic mass is 32.2. The molecule has 0 N–H and O–H groups in total. The molecule has 0 spiro atoms. The Morgan fingerprint density at radius 2 is 2.33 bits per heavy atom. The number of fused-ring (bicyclic) bond motifs is 1. The molecule has 1 nitrogen and oxygen atoms in total. The van der Waals surface area contributed by atoms with Gasteiger partial charge in [-0.1, -0.05) is 0 Å². The van der Waals surface area contributed by atoms with Crippen molar-refractivity contribution >= 4 is 17.4 Å². The predicted octanol–water partition coefficient (Wildman–Crippen LogP) is 2.37. The minimum atomic E-state index is -0.150. The van der Waals surface area contributed by atoms with Gasteiger partial charge in [0.2, 0.25) is 0 Å². The van der Waals surface area contributed by atoms with Crippen molar-refractivity contribution in [3.8, 4) is 0 Å². The average molecular weight is 183 g/mol. The van der Waals surface area contributed by atoms with Gasteiger partial charge in [0.15, 0.2) is 0 Å². The Morgan fingerprint density at radius 1 is 1.50 bits per heavy atom. The Balaban J connectivity index is 2.47. The maximum absolute atomic E-state index is 12.8. The number of hydrogen-bond acceptors (Lipinski definition) is 2. The molecule has 0 fully saturated rings. The van der Waals surface area contributed by atoms with Gasteiger partial charge in [0.05, 0.1) is 5.69 Å². The largest absolute Gasteiger partial charge is 0.373 e. The molecule has 1 aliphatic heterocycles. The lowest BCUT2D eigenvalue weighted by atomic mass is 10.3. The third-order valence-corrected chi connectivity index (χ3v) is 3.06. The van der Waals surface area contributed by atoms with Crippen LogP contribution in [0, 0.1) is 5.82 Å². The first-order chi connectivity index (χ1) is 5.77. The van der Waals surface area contributed by atoms with E-state index in [9.17, 15) is 4.39 Å². The lowest BCUT2D eigenvalue weighted by Gasteiger charge is -2.26. The fourth-order valence-electron chi connectivity index (χ4n) is 1.32. The number of thioether (sulfide) groups is 1.